The van der Waals surface area contributed by atoms with Gasteiger partial charge in [0.1, 0.15) is 0 Å². The van der Waals surface area contributed by atoms with Gasteiger partial charge in [0.25, 0.3) is 0 Å². The third-order valence-electron chi connectivity index (χ3n) is 2.24. The fourth-order valence-electron chi connectivity index (χ4n) is 1.50. The van der Waals surface area contributed by atoms with Gasteiger partial charge < -0.3 is 10.0 Å². The lowest BCUT2D eigenvalue weighted by Crippen LogP contribution is -2.46. The molecule has 0 atom stereocenters. The molecule has 0 aromatic rings. The molecule has 0 heterocycles. The van der Waals surface area contributed by atoms with Crippen LogP contribution in [-0.2, 0) is 9.59 Å². The van der Waals surface area contributed by atoms with Gasteiger partial charge in [-0.05, 0) is 26.7 Å². The quantitative estimate of drug-likeness (QED) is 0.785. The zero-order chi connectivity index (χ0) is 12.9. The molecule has 4 heteroatoms. The third-order valence-corrected chi connectivity index (χ3v) is 2.24. The summed E-state index contributed by atoms with van der Waals surface area (Å²) in [7, 11) is 0. The van der Waals surface area contributed by atoms with Crippen LogP contribution in [0.2, 0.25) is 0 Å². The molecule has 0 radical (unpaired) electrons. The van der Waals surface area contributed by atoms with Crippen LogP contribution in [0.15, 0.2) is 0 Å². The van der Waals surface area contributed by atoms with Gasteiger partial charge in [-0.1, -0.05) is 13.8 Å². The first kappa shape index (κ1) is 14.9. The molecule has 0 aromatic heterocycles. The van der Waals surface area contributed by atoms with Crippen LogP contribution >= 0.6 is 0 Å². The maximum atomic E-state index is 11.9. The fraction of sp³-hybridized carbons (Fsp3) is 0.833. The smallest absolute Gasteiger partial charge is 0.305 e. The van der Waals surface area contributed by atoms with E-state index in [1.165, 1.54) is 0 Å². The maximum absolute atomic E-state index is 11.9. The predicted octanol–water partition coefficient (Wildman–Crippen LogP) is 2.13. The van der Waals surface area contributed by atoms with Gasteiger partial charge in [-0.3, -0.25) is 9.59 Å². The molecule has 0 bridgehead atoms. The van der Waals surface area contributed by atoms with Crippen molar-refractivity contribution in [3.05, 3.63) is 0 Å². The van der Waals surface area contributed by atoms with Gasteiger partial charge in [0.05, 0.1) is 6.42 Å². The van der Waals surface area contributed by atoms with E-state index in [-0.39, 0.29) is 24.4 Å². The topological polar surface area (TPSA) is 57.6 Å². The lowest BCUT2D eigenvalue weighted by Gasteiger charge is -2.36. The van der Waals surface area contributed by atoms with E-state index in [0.717, 1.165) is 0 Å². The lowest BCUT2D eigenvalue weighted by atomic mass is 10.0. The molecule has 0 saturated heterocycles. The van der Waals surface area contributed by atoms with Crippen LogP contribution in [0.3, 0.4) is 0 Å². The van der Waals surface area contributed by atoms with Crippen molar-refractivity contribution in [2.75, 3.05) is 6.54 Å². The highest BCUT2D eigenvalue weighted by atomic mass is 16.4. The standard InChI is InChI=1S/C12H23NO3/c1-9(2)8-10(14)13(12(3,4)5)7-6-11(15)16/h9H,6-8H2,1-5H3,(H,15,16). The van der Waals surface area contributed by atoms with Crippen molar-refractivity contribution in [1.29, 1.82) is 0 Å². The van der Waals surface area contributed by atoms with E-state index in [2.05, 4.69) is 0 Å². The largest absolute Gasteiger partial charge is 0.481 e. The molecule has 0 unspecified atom stereocenters. The Morgan fingerprint density at radius 1 is 1.25 bits per heavy atom. The van der Waals surface area contributed by atoms with Gasteiger partial charge >= 0.3 is 5.97 Å². The number of hydrogen-bond acceptors (Lipinski definition) is 2. The summed E-state index contributed by atoms with van der Waals surface area (Å²) in [5.74, 6) is -0.544. The molecule has 0 rings (SSSR count). The van der Waals surface area contributed by atoms with Crippen molar-refractivity contribution >= 4 is 11.9 Å². The number of carbonyl (C=O) groups is 2. The first-order valence-corrected chi connectivity index (χ1v) is 5.67. The van der Waals surface area contributed by atoms with E-state index in [1.54, 1.807) is 4.90 Å². The number of carbonyl (C=O) groups excluding carboxylic acids is 1. The van der Waals surface area contributed by atoms with Gasteiger partial charge in [-0.25, -0.2) is 0 Å². The molecular formula is C12H23NO3. The molecule has 94 valence electrons. The van der Waals surface area contributed by atoms with Crippen molar-refractivity contribution in [2.45, 2.75) is 53.0 Å². The summed E-state index contributed by atoms with van der Waals surface area (Å²) in [6, 6.07) is 0. The minimum atomic E-state index is -0.869. The van der Waals surface area contributed by atoms with E-state index >= 15 is 0 Å². The fourth-order valence-corrected chi connectivity index (χ4v) is 1.50. The average molecular weight is 229 g/mol. The molecule has 0 aromatic carbocycles. The second-order valence-corrected chi connectivity index (χ2v) is 5.46. The molecule has 0 saturated carbocycles. The number of carboxylic acid groups (broad SMARTS) is 1. The van der Waals surface area contributed by atoms with E-state index < -0.39 is 5.97 Å². The van der Waals surface area contributed by atoms with Crippen molar-refractivity contribution < 1.29 is 14.7 Å². The molecular weight excluding hydrogens is 206 g/mol. The van der Waals surface area contributed by atoms with Crippen molar-refractivity contribution in [2.24, 2.45) is 5.92 Å². The van der Waals surface area contributed by atoms with E-state index in [9.17, 15) is 9.59 Å². The van der Waals surface area contributed by atoms with Gasteiger partial charge in [-0.2, -0.15) is 0 Å². The lowest BCUT2D eigenvalue weighted by molar-refractivity contribution is -0.140. The van der Waals surface area contributed by atoms with Crippen LogP contribution in [-0.4, -0.2) is 34.0 Å². The van der Waals surface area contributed by atoms with Crippen molar-refractivity contribution in [1.82, 2.24) is 4.90 Å². The van der Waals surface area contributed by atoms with Gasteiger partial charge in [0.2, 0.25) is 5.91 Å². The highest BCUT2D eigenvalue weighted by Crippen LogP contribution is 2.17. The number of aliphatic carboxylic acids is 1. The zero-order valence-electron chi connectivity index (χ0n) is 10.9. The molecule has 0 aliphatic heterocycles. The Balaban J connectivity index is 4.55. The maximum Gasteiger partial charge on any atom is 0.305 e. The molecule has 0 spiro atoms. The van der Waals surface area contributed by atoms with E-state index in [0.29, 0.717) is 12.3 Å². The second kappa shape index (κ2) is 5.87. The van der Waals surface area contributed by atoms with Gasteiger partial charge in [0, 0.05) is 18.5 Å². The Hall–Kier alpha value is -1.06. The minimum Gasteiger partial charge on any atom is -0.481 e. The highest BCUT2D eigenvalue weighted by molar-refractivity contribution is 5.78. The number of rotatable bonds is 5. The zero-order valence-corrected chi connectivity index (χ0v) is 10.9. The van der Waals surface area contributed by atoms with Crippen LogP contribution in [0.1, 0.15) is 47.5 Å². The molecule has 0 aliphatic rings. The van der Waals surface area contributed by atoms with Crippen LogP contribution in [0, 0.1) is 5.92 Å². The first-order valence-electron chi connectivity index (χ1n) is 5.67. The summed E-state index contributed by atoms with van der Waals surface area (Å²) in [6.07, 6.45) is 0.470. The minimum absolute atomic E-state index is 0.00110. The van der Waals surface area contributed by atoms with Gasteiger partial charge in [0.15, 0.2) is 0 Å². The Bertz CT molecular complexity index is 253. The second-order valence-electron chi connectivity index (χ2n) is 5.46. The number of amides is 1. The summed E-state index contributed by atoms with van der Waals surface area (Å²) in [4.78, 5) is 24.1. The summed E-state index contributed by atoms with van der Waals surface area (Å²) < 4.78 is 0. The number of carboxylic acids is 1. The molecule has 1 amide bonds. The number of hydrogen-bond donors (Lipinski definition) is 1. The van der Waals surface area contributed by atoms with Crippen LogP contribution in [0.4, 0.5) is 0 Å². The molecule has 16 heavy (non-hydrogen) atoms. The molecule has 0 fully saturated rings. The SMILES string of the molecule is CC(C)CC(=O)N(CCC(=O)O)C(C)(C)C. The number of nitrogens with zero attached hydrogens (tertiary/aromatic N) is 1. The summed E-state index contributed by atoms with van der Waals surface area (Å²) >= 11 is 0. The summed E-state index contributed by atoms with van der Waals surface area (Å²) in [5, 5.41) is 8.65. The van der Waals surface area contributed by atoms with Crippen LogP contribution < -0.4 is 0 Å². The van der Waals surface area contributed by atoms with Crippen molar-refractivity contribution in [3.8, 4) is 0 Å². The monoisotopic (exact) mass is 229 g/mol. The Kier molecular flexibility index (Phi) is 5.48. The molecule has 0 aliphatic carbocycles. The highest BCUT2D eigenvalue weighted by Gasteiger charge is 2.26. The van der Waals surface area contributed by atoms with E-state index in [1.807, 2.05) is 34.6 Å². The predicted molar refractivity (Wildman–Crippen MR) is 63.2 cm³/mol. The van der Waals surface area contributed by atoms with Crippen LogP contribution in [0.25, 0.3) is 0 Å². The van der Waals surface area contributed by atoms with E-state index in [4.69, 9.17) is 5.11 Å². The Labute approximate surface area is 97.6 Å². The third kappa shape index (κ3) is 5.73. The molecule has 1 N–H and O–H groups in total. The molecule has 4 nitrogen and oxygen atoms in total. The van der Waals surface area contributed by atoms with Crippen molar-refractivity contribution in [3.63, 3.8) is 0 Å². The Morgan fingerprint density at radius 3 is 2.06 bits per heavy atom. The summed E-state index contributed by atoms with van der Waals surface area (Å²) in [5.41, 5.74) is -0.318. The first-order chi connectivity index (χ1) is 7.14. The summed E-state index contributed by atoms with van der Waals surface area (Å²) in [6.45, 7) is 10.0. The van der Waals surface area contributed by atoms with Gasteiger partial charge in [-0.15, -0.1) is 0 Å². The Morgan fingerprint density at radius 2 is 1.75 bits per heavy atom. The average Bonchev–Trinajstić information content (AvgIpc) is 1.98. The van der Waals surface area contributed by atoms with Crippen LogP contribution in [0.5, 0.6) is 0 Å². The normalized spacial score (nSPS) is 11.6.